The number of aryl methyl sites for hydroxylation is 2. The highest BCUT2D eigenvalue weighted by atomic mass is 16.5. The Bertz CT molecular complexity index is 1510. The van der Waals surface area contributed by atoms with Crippen LogP contribution in [0.25, 0.3) is 33.2 Å². The van der Waals surface area contributed by atoms with Gasteiger partial charge in [-0.3, -0.25) is 9.78 Å². The minimum absolute atomic E-state index is 0.0878. The molecule has 6 rings (SSSR count). The van der Waals surface area contributed by atoms with Crippen LogP contribution in [0.5, 0.6) is 0 Å². The molecule has 1 fully saturated rings. The van der Waals surface area contributed by atoms with Crippen LogP contribution in [0.1, 0.15) is 40.5 Å². The Morgan fingerprint density at radius 1 is 1.06 bits per heavy atom. The van der Waals surface area contributed by atoms with Crippen LogP contribution in [0.2, 0.25) is 0 Å². The second-order valence-corrected chi connectivity index (χ2v) is 9.31. The van der Waals surface area contributed by atoms with Crippen molar-refractivity contribution in [2.75, 3.05) is 13.2 Å². The van der Waals surface area contributed by atoms with Crippen molar-refractivity contribution < 1.29 is 9.53 Å². The number of pyridine rings is 1. The summed E-state index contributed by atoms with van der Waals surface area (Å²) in [5.41, 5.74) is 7.69. The number of benzene rings is 2. The zero-order chi connectivity index (χ0) is 23.9. The number of ether oxygens (including phenoxy) is 1. The van der Waals surface area contributed by atoms with Gasteiger partial charge in [0, 0.05) is 43.0 Å². The van der Waals surface area contributed by atoms with Crippen LogP contribution in [0.3, 0.4) is 0 Å². The Balaban J connectivity index is 1.68. The minimum atomic E-state index is 0.0878. The molecule has 3 aromatic heterocycles. The van der Waals surface area contributed by atoms with Gasteiger partial charge in [0.2, 0.25) is 0 Å². The first kappa shape index (κ1) is 21.7. The molecule has 0 amide bonds. The molecule has 7 heteroatoms. The zero-order valence-electron chi connectivity index (χ0n) is 19.9. The largest absolute Gasteiger partial charge is 0.381 e. The molecule has 176 valence electrons. The van der Waals surface area contributed by atoms with Crippen LogP contribution in [0, 0.1) is 12.8 Å². The maximum Gasteiger partial charge on any atom is 0.150 e. The van der Waals surface area contributed by atoms with Crippen molar-refractivity contribution in [3.63, 3.8) is 0 Å². The van der Waals surface area contributed by atoms with Gasteiger partial charge in [-0.05, 0) is 49.4 Å². The first-order valence-corrected chi connectivity index (χ1v) is 12.0. The van der Waals surface area contributed by atoms with Crippen molar-refractivity contribution in [1.29, 1.82) is 0 Å². The first-order valence-electron chi connectivity index (χ1n) is 12.0. The van der Waals surface area contributed by atoms with E-state index in [0.717, 1.165) is 71.2 Å². The second-order valence-electron chi connectivity index (χ2n) is 9.31. The van der Waals surface area contributed by atoms with Crippen molar-refractivity contribution in [3.8, 4) is 11.3 Å². The molecule has 7 nitrogen and oxygen atoms in total. The summed E-state index contributed by atoms with van der Waals surface area (Å²) in [7, 11) is 1.90. The number of carbonyl (C=O) groups is 1. The lowest BCUT2D eigenvalue weighted by Crippen LogP contribution is -2.26. The highest BCUT2D eigenvalue weighted by Gasteiger charge is 2.30. The number of aldehydes is 1. The van der Waals surface area contributed by atoms with Gasteiger partial charge < -0.3 is 9.30 Å². The van der Waals surface area contributed by atoms with Crippen LogP contribution >= 0.6 is 0 Å². The van der Waals surface area contributed by atoms with E-state index in [1.54, 1.807) is 4.68 Å². The van der Waals surface area contributed by atoms with E-state index in [0.29, 0.717) is 11.5 Å². The molecule has 1 atom stereocenters. The number of aromatic nitrogens is 5. The van der Waals surface area contributed by atoms with Gasteiger partial charge in [0.15, 0.2) is 0 Å². The Morgan fingerprint density at radius 3 is 2.57 bits per heavy atom. The highest BCUT2D eigenvalue weighted by Crippen LogP contribution is 2.41. The quantitative estimate of drug-likeness (QED) is 0.337. The molecule has 1 saturated heterocycles. The fraction of sp³-hybridized carbons (Fsp3) is 0.286. The van der Waals surface area contributed by atoms with Gasteiger partial charge in [-0.2, -0.15) is 0 Å². The summed E-state index contributed by atoms with van der Waals surface area (Å²) in [5.74, 6) is 0.397. The van der Waals surface area contributed by atoms with E-state index in [1.807, 2.05) is 38.4 Å². The van der Waals surface area contributed by atoms with E-state index in [9.17, 15) is 4.79 Å². The molecule has 0 unspecified atom stereocenters. The highest BCUT2D eigenvalue weighted by molar-refractivity contribution is 6.08. The van der Waals surface area contributed by atoms with Crippen LogP contribution in [-0.2, 0) is 11.8 Å². The Hall–Kier alpha value is -3.84. The third kappa shape index (κ3) is 3.63. The molecule has 0 spiro atoms. The molecule has 2 aromatic carbocycles. The van der Waals surface area contributed by atoms with E-state index >= 15 is 0 Å². The predicted molar refractivity (Wildman–Crippen MR) is 135 cm³/mol. The summed E-state index contributed by atoms with van der Waals surface area (Å²) in [4.78, 5) is 16.7. The lowest BCUT2D eigenvalue weighted by molar-refractivity contribution is 0.0553. The van der Waals surface area contributed by atoms with E-state index in [1.165, 1.54) is 5.56 Å². The summed E-state index contributed by atoms with van der Waals surface area (Å²) < 4.78 is 9.92. The van der Waals surface area contributed by atoms with Gasteiger partial charge in [-0.15, -0.1) is 5.10 Å². The number of hydrogen-bond acceptors (Lipinski definition) is 5. The fourth-order valence-corrected chi connectivity index (χ4v) is 5.59. The van der Waals surface area contributed by atoms with Crippen LogP contribution in [0.4, 0.5) is 0 Å². The van der Waals surface area contributed by atoms with Gasteiger partial charge in [-0.1, -0.05) is 41.6 Å². The van der Waals surface area contributed by atoms with Gasteiger partial charge in [0.05, 0.1) is 34.0 Å². The lowest BCUT2D eigenvalue weighted by atomic mass is 9.86. The molecule has 0 aliphatic carbocycles. The topological polar surface area (TPSA) is 74.8 Å². The average Bonchev–Trinajstić information content (AvgIpc) is 3.41. The summed E-state index contributed by atoms with van der Waals surface area (Å²) >= 11 is 0. The SMILES string of the molecule is Cc1nnn(C)c1-c1cnc2c3ccc(C=O)cc3n([C@H](c3ccccc3)C3CCOCC3)c2c1. The average molecular weight is 466 g/mol. The summed E-state index contributed by atoms with van der Waals surface area (Å²) in [6.07, 6.45) is 4.77. The molecular weight excluding hydrogens is 438 g/mol. The number of hydrogen-bond donors (Lipinski definition) is 0. The molecule has 1 aliphatic rings. The third-order valence-electron chi connectivity index (χ3n) is 7.20. The number of fused-ring (bicyclic) bond motifs is 3. The van der Waals surface area contributed by atoms with Crippen molar-refractivity contribution in [2.24, 2.45) is 13.0 Å². The van der Waals surface area contributed by atoms with Crippen LogP contribution in [0.15, 0.2) is 60.8 Å². The molecule has 35 heavy (non-hydrogen) atoms. The molecule has 0 radical (unpaired) electrons. The van der Waals surface area contributed by atoms with Gasteiger partial charge in [-0.25, -0.2) is 4.68 Å². The lowest BCUT2D eigenvalue weighted by Gasteiger charge is -2.33. The first-order chi connectivity index (χ1) is 17.2. The molecule has 1 aliphatic heterocycles. The number of rotatable bonds is 5. The normalized spacial score (nSPS) is 15.6. The minimum Gasteiger partial charge on any atom is -0.381 e. The van der Waals surface area contributed by atoms with Crippen LogP contribution < -0.4 is 0 Å². The molecule has 5 aromatic rings. The smallest absolute Gasteiger partial charge is 0.150 e. The Kier molecular flexibility index (Phi) is 5.41. The van der Waals surface area contributed by atoms with E-state index in [-0.39, 0.29) is 6.04 Å². The Labute approximate surface area is 203 Å². The van der Waals surface area contributed by atoms with Crippen molar-refractivity contribution in [1.82, 2.24) is 24.5 Å². The second kappa shape index (κ2) is 8.74. The number of carbonyl (C=O) groups excluding carboxylic acids is 1. The molecule has 0 N–H and O–H groups in total. The van der Waals surface area contributed by atoms with Gasteiger partial charge >= 0.3 is 0 Å². The van der Waals surface area contributed by atoms with Crippen molar-refractivity contribution in [3.05, 3.63) is 77.6 Å². The molecule has 0 bridgehead atoms. The maximum absolute atomic E-state index is 11.7. The van der Waals surface area contributed by atoms with Gasteiger partial charge in [0.1, 0.15) is 6.29 Å². The fourth-order valence-electron chi connectivity index (χ4n) is 5.59. The van der Waals surface area contributed by atoms with E-state index in [4.69, 9.17) is 9.72 Å². The summed E-state index contributed by atoms with van der Waals surface area (Å²) in [6, 6.07) is 18.8. The van der Waals surface area contributed by atoms with E-state index in [2.05, 4.69) is 51.3 Å². The standard InChI is InChI=1S/C28H27N5O2/c1-18-27(32(2)31-30-18)22-15-25-26(29-16-22)23-9-8-19(17-34)14-24(23)33(25)28(20-6-4-3-5-7-20)21-10-12-35-13-11-21/h3-9,14-17,21,28H,10-13H2,1-2H3/t28-/m1/s1. The zero-order valence-corrected chi connectivity index (χ0v) is 19.9. The van der Waals surface area contributed by atoms with Crippen LogP contribution in [-0.4, -0.2) is 44.0 Å². The summed E-state index contributed by atoms with van der Waals surface area (Å²) in [6.45, 7) is 3.48. The molecule has 0 saturated carbocycles. The van der Waals surface area contributed by atoms with Gasteiger partial charge in [0.25, 0.3) is 0 Å². The predicted octanol–water partition coefficient (Wildman–Crippen LogP) is 5.12. The third-order valence-corrected chi connectivity index (χ3v) is 7.20. The maximum atomic E-state index is 11.7. The molecular formula is C28H27N5O2. The van der Waals surface area contributed by atoms with Crippen molar-refractivity contribution in [2.45, 2.75) is 25.8 Å². The molecule has 4 heterocycles. The monoisotopic (exact) mass is 465 g/mol. The van der Waals surface area contributed by atoms with E-state index < -0.39 is 0 Å². The van der Waals surface area contributed by atoms with Crippen molar-refractivity contribution >= 4 is 28.2 Å². The summed E-state index contributed by atoms with van der Waals surface area (Å²) in [5, 5.41) is 9.48. The number of nitrogens with zero attached hydrogens (tertiary/aromatic N) is 5. The Morgan fingerprint density at radius 2 is 1.86 bits per heavy atom.